The molecule has 0 fully saturated rings. The Balaban J connectivity index is 1.54. The summed E-state index contributed by atoms with van der Waals surface area (Å²) in [5.41, 5.74) is 23.1. The Morgan fingerprint density at radius 3 is 1.11 bits per heavy atom. The summed E-state index contributed by atoms with van der Waals surface area (Å²) in [6.45, 7) is 11.1. The minimum Gasteiger partial charge on any atom is -0.399 e. The van der Waals surface area contributed by atoms with Gasteiger partial charge in [0, 0.05) is 73.0 Å². The van der Waals surface area contributed by atoms with E-state index in [4.69, 9.17) is 17.2 Å². The summed E-state index contributed by atoms with van der Waals surface area (Å²) in [4.78, 5) is 0. The van der Waals surface area contributed by atoms with Crippen molar-refractivity contribution in [3.8, 4) is 0 Å². The fraction of sp³-hybridized carbons (Fsp3) is 0.333. The maximum Gasteiger partial charge on any atom is 0.0971 e. The summed E-state index contributed by atoms with van der Waals surface area (Å²) in [5, 5.41) is 10.6. The van der Waals surface area contributed by atoms with Crippen LogP contribution < -0.4 is 33.2 Å². The predicted molar refractivity (Wildman–Crippen MR) is 162 cm³/mol. The molecular weight excluding hydrogens is 458 g/mol. The van der Waals surface area contributed by atoms with Crippen molar-refractivity contribution in [1.29, 1.82) is 0 Å². The Morgan fingerprint density at radius 1 is 0.541 bits per heavy atom. The number of hydrogen-bond acceptors (Lipinski definition) is 6. The highest BCUT2D eigenvalue weighted by atomic mass is 15.3. The number of quaternary nitrogens is 1. The Hall–Kier alpha value is -3.84. The first-order valence-corrected chi connectivity index (χ1v) is 13.2. The van der Waals surface area contributed by atoms with Gasteiger partial charge < -0.3 is 37.6 Å². The molecule has 0 aliphatic rings. The molecule has 0 amide bonds. The first-order chi connectivity index (χ1) is 18.0. The first-order valence-electron chi connectivity index (χ1n) is 13.2. The van der Waals surface area contributed by atoms with Crippen LogP contribution >= 0.6 is 0 Å². The van der Waals surface area contributed by atoms with E-state index in [2.05, 4.69) is 28.6 Å². The maximum atomic E-state index is 5.81. The molecule has 0 aliphatic carbocycles. The number of nitrogens with zero attached hydrogens (tertiary/aromatic N) is 1. The van der Waals surface area contributed by atoms with Crippen LogP contribution in [0.4, 0.5) is 34.1 Å². The second-order valence-corrected chi connectivity index (χ2v) is 9.69. The number of nitrogens with two attached hydrogens (primary N) is 3. The van der Waals surface area contributed by atoms with Crippen molar-refractivity contribution in [2.45, 2.75) is 19.3 Å². The fourth-order valence-corrected chi connectivity index (χ4v) is 4.63. The van der Waals surface area contributed by atoms with E-state index in [0.29, 0.717) is 0 Å². The molecule has 0 saturated carbocycles. The first kappa shape index (κ1) is 27.7. The Kier molecular flexibility index (Phi) is 11.0. The summed E-state index contributed by atoms with van der Waals surface area (Å²) in [5.74, 6) is 0. The lowest BCUT2D eigenvalue weighted by Crippen LogP contribution is -2.51. The normalized spacial score (nSPS) is 11.1. The smallest absolute Gasteiger partial charge is 0.0971 e. The Morgan fingerprint density at radius 2 is 0.838 bits per heavy atom. The monoisotopic (exact) mass is 502 g/mol. The SMILES string of the molecule is C=CC[N+](CCCNc1ccc(N)cc1)(CCCNc1ccc(N)cc1)CCCNc1ccc(N)cc1. The zero-order chi connectivity index (χ0) is 26.3. The second kappa shape index (κ2) is 14.7. The summed E-state index contributed by atoms with van der Waals surface area (Å²) in [6.07, 6.45) is 5.31. The molecule has 0 unspecified atom stereocenters. The van der Waals surface area contributed by atoms with Gasteiger partial charge in [-0.15, -0.1) is 0 Å². The molecule has 3 aromatic carbocycles. The lowest BCUT2D eigenvalue weighted by Gasteiger charge is -2.38. The molecule has 0 saturated heterocycles. The minimum atomic E-state index is 0.785. The van der Waals surface area contributed by atoms with Gasteiger partial charge >= 0.3 is 0 Å². The van der Waals surface area contributed by atoms with Crippen molar-refractivity contribution in [3.05, 3.63) is 85.5 Å². The van der Waals surface area contributed by atoms with E-state index in [0.717, 1.165) is 104 Å². The summed E-state index contributed by atoms with van der Waals surface area (Å²) < 4.78 is 1.03. The van der Waals surface area contributed by atoms with Crippen molar-refractivity contribution < 1.29 is 4.48 Å². The third kappa shape index (κ3) is 9.97. The number of benzene rings is 3. The van der Waals surface area contributed by atoms with E-state index in [1.165, 1.54) is 0 Å². The molecule has 0 atom stereocenters. The van der Waals surface area contributed by atoms with Crippen LogP contribution in [0.2, 0.25) is 0 Å². The zero-order valence-electron chi connectivity index (χ0n) is 22.0. The number of hydrogen-bond donors (Lipinski definition) is 6. The van der Waals surface area contributed by atoms with Gasteiger partial charge in [0.25, 0.3) is 0 Å². The molecule has 0 aliphatic heterocycles. The van der Waals surface area contributed by atoms with Crippen LogP contribution in [-0.4, -0.2) is 50.3 Å². The molecule has 7 nitrogen and oxygen atoms in total. The molecule has 0 radical (unpaired) electrons. The van der Waals surface area contributed by atoms with Gasteiger partial charge in [0.2, 0.25) is 0 Å². The van der Waals surface area contributed by atoms with E-state index in [9.17, 15) is 0 Å². The largest absolute Gasteiger partial charge is 0.399 e. The van der Waals surface area contributed by atoms with Crippen molar-refractivity contribution in [2.24, 2.45) is 0 Å². The van der Waals surface area contributed by atoms with Gasteiger partial charge in [-0.25, -0.2) is 0 Å². The van der Waals surface area contributed by atoms with E-state index in [1.807, 2.05) is 72.8 Å². The van der Waals surface area contributed by atoms with Gasteiger partial charge in [-0.2, -0.15) is 0 Å². The molecule has 3 aromatic rings. The van der Waals surface area contributed by atoms with Gasteiger partial charge in [0.05, 0.1) is 26.2 Å². The molecule has 37 heavy (non-hydrogen) atoms. The van der Waals surface area contributed by atoms with E-state index in [-0.39, 0.29) is 0 Å². The van der Waals surface area contributed by atoms with Crippen LogP contribution in [-0.2, 0) is 0 Å². The average Bonchev–Trinajstić information content (AvgIpc) is 2.90. The van der Waals surface area contributed by atoms with Crippen LogP contribution in [0, 0.1) is 0 Å². The predicted octanol–water partition coefficient (Wildman–Crippen LogP) is 5.24. The van der Waals surface area contributed by atoms with Crippen molar-refractivity contribution >= 4 is 34.1 Å². The number of nitrogen functional groups attached to an aromatic ring is 3. The number of anilines is 6. The van der Waals surface area contributed by atoms with Crippen LogP contribution in [0.1, 0.15) is 19.3 Å². The second-order valence-electron chi connectivity index (χ2n) is 9.69. The number of nitrogens with one attached hydrogen (secondary N) is 3. The van der Waals surface area contributed by atoms with Gasteiger partial charge in [-0.1, -0.05) is 6.58 Å². The Labute approximate surface area is 222 Å². The van der Waals surface area contributed by atoms with E-state index in [1.54, 1.807) is 0 Å². The van der Waals surface area contributed by atoms with E-state index < -0.39 is 0 Å². The van der Waals surface area contributed by atoms with Gasteiger partial charge in [-0.3, -0.25) is 0 Å². The van der Waals surface area contributed by atoms with Crippen LogP contribution in [0.25, 0.3) is 0 Å². The molecule has 0 heterocycles. The zero-order valence-corrected chi connectivity index (χ0v) is 22.0. The lowest BCUT2D eigenvalue weighted by molar-refractivity contribution is -0.923. The van der Waals surface area contributed by atoms with Gasteiger partial charge in [0.1, 0.15) is 0 Å². The topological polar surface area (TPSA) is 114 Å². The highest BCUT2D eigenvalue weighted by molar-refractivity contribution is 5.52. The van der Waals surface area contributed by atoms with Gasteiger partial charge in [0.15, 0.2) is 0 Å². The van der Waals surface area contributed by atoms with Crippen LogP contribution in [0.3, 0.4) is 0 Å². The highest BCUT2D eigenvalue weighted by Crippen LogP contribution is 2.16. The third-order valence-corrected chi connectivity index (χ3v) is 6.66. The molecule has 198 valence electrons. The molecule has 9 N–H and O–H groups in total. The van der Waals surface area contributed by atoms with Crippen LogP contribution in [0.5, 0.6) is 0 Å². The minimum absolute atomic E-state index is 0.785. The molecule has 0 bridgehead atoms. The molecule has 0 aromatic heterocycles. The summed E-state index contributed by atoms with van der Waals surface area (Å²) >= 11 is 0. The molecule has 0 spiro atoms. The fourth-order valence-electron chi connectivity index (χ4n) is 4.63. The van der Waals surface area contributed by atoms with E-state index >= 15 is 0 Å². The average molecular weight is 503 g/mol. The maximum absolute atomic E-state index is 5.81. The van der Waals surface area contributed by atoms with Crippen LogP contribution in [0.15, 0.2) is 85.5 Å². The van der Waals surface area contributed by atoms with Gasteiger partial charge in [-0.05, 0) is 78.9 Å². The molecule has 7 heteroatoms. The highest BCUT2D eigenvalue weighted by Gasteiger charge is 2.24. The quantitative estimate of drug-likeness (QED) is 0.0651. The standard InChI is InChI=1S/C30H44N7/c1-2-21-37(22-3-18-34-28-12-6-25(31)7-13-28,23-4-19-35-29-14-8-26(32)9-15-29)24-5-20-36-30-16-10-27(33)11-17-30/h2,6-17,34-36H,1,3-5,18-24,31-33H2/q+1. The summed E-state index contributed by atoms with van der Waals surface area (Å²) in [7, 11) is 0. The van der Waals surface area contributed by atoms with Crippen molar-refractivity contribution in [2.75, 3.05) is 79.0 Å². The van der Waals surface area contributed by atoms with Crippen molar-refractivity contribution in [1.82, 2.24) is 0 Å². The summed E-state index contributed by atoms with van der Waals surface area (Å²) in [6, 6.07) is 23.8. The van der Waals surface area contributed by atoms with Crippen molar-refractivity contribution in [3.63, 3.8) is 0 Å². The number of rotatable bonds is 17. The lowest BCUT2D eigenvalue weighted by atomic mass is 10.2. The molecular formula is C30H44N7+. The Bertz CT molecular complexity index is 917. The molecule has 3 rings (SSSR count). The third-order valence-electron chi connectivity index (χ3n) is 6.66.